The predicted molar refractivity (Wildman–Crippen MR) is 64.1 cm³/mol. The molecule has 0 saturated heterocycles. The average Bonchev–Trinajstić information content (AvgIpc) is 2.28. The van der Waals surface area contributed by atoms with E-state index in [4.69, 9.17) is 4.74 Å². The van der Waals surface area contributed by atoms with Crippen LogP contribution < -0.4 is 4.72 Å². The van der Waals surface area contributed by atoms with Gasteiger partial charge in [0.2, 0.25) is 10.0 Å². The molecule has 0 aliphatic carbocycles. The topological polar surface area (TPSA) is 81.7 Å². The zero-order valence-electron chi connectivity index (χ0n) is 10.4. The third-order valence-corrected chi connectivity index (χ3v) is 3.59. The first kappa shape index (κ1) is 16.3. The molecule has 0 aromatic carbocycles. The molecule has 0 saturated carbocycles. The van der Waals surface area contributed by atoms with Crippen LogP contribution >= 0.6 is 0 Å². The van der Waals surface area contributed by atoms with E-state index >= 15 is 0 Å². The van der Waals surface area contributed by atoms with Crippen molar-refractivity contribution in [3.05, 3.63) is 0 Å². The van der Waals surface area contributed by atoms with Crippen LogP contribution in [0.4, 0.5) is 0 Å². The summed E-state index contributed by atoms with van der Waals surface area (Å²) in [6.07, 6.45) is 1.96. The molecule has 0 amide bonds. The lowest BCUT2D eigenvalue weighted by Crippen LogP contribution is -2.27. The summed E-state index contributed by atoms with van der Waals surface area (Å²) in [5.74, 6) is -0.438. The number of rotatable bonds is 10. The normalized spacial score (nSPS) is 11.4. The lowest BCUT2D eigenvalue weighted by atomic mass is 10.3. The van der Waals surface area contributed by atoms with Gasteiger partial charge in [0, 0.05) is 26.7 Å². The fraction of sp³-hybridized carbons (Fsp3) is 0.900. The summed E-state index contributed by atoms with van der Waals surface area (Å²) in [4.78, 5) is 10.8. The minimum absolute atomic E-state index is 0.0492. The fourth-order valence-electron chi connectivity index (χ4n) is 1.18. The Morgan fingerprint density at radius 3 is 2.47 bits per heavy atom. The van der Waals surface area contributed by atoms with Crippen molar-refractivity contribution in [3.63, 3.8) is 0 Å². The van der Waals surface area contributed by atoms with E-state index < -0.39 is 10.0 Å². The van der Waals surface area contributed by atoms with E-state index in [0.29, 0.717) is 13.2 Å². The molecule has 0 aliphatic heterocycles. The predicted octanol–water partition coefficient (Wildman–Crippen LogP) is 0.286. The molecule has 0 fully saturated rings. The highest BCUT2D eigenvalue weighted by Crippen LogP contribution is 1.97. The Hall–Kier alpha value is -0.660. The summed E-state index contributed by atoms with van der Waals surface area (Å²) < 4.78 is 34.6. The number of methoxy groups -OCH3 is 2. The number of unbranched alkanes of at least 4 members (excludes halogenated alkanes) is 1. The summed E-state index contributed by atoms with van der Waals surface area (Å²) in [6.45, 7) is 1.04. The summed E-state index contributed by atoms with van der Waals surface area (Å²) in [6, 6.07) is 0. The van der Waals surface area contributed by atoms with Crippen molar-refractivity contribution in [2.45, 2.75) is 25.7 Å². The van der Waals surface area contributed by atoms with Crippen LogP contribution in [-0.2, 0) is 24.3 Å². The monoisotopic (exact) mass is 267 g/mol. The quantitative estimate of drug-likeness (QED) is 0.454. The van der Waals surface area contributed by atoms with Gasteiger partial charge in [0.15, 0.2) is 0 Å². The van der Waals surface area contributed by atoms with Gasteiger partial charge >= 0.3 is 5.97 Å². The highest BCUT2D eigenvalue weighted by molar-refractivity contribution is 7.89. The standard InChI is InChI=1S/C10H21NO5S/c1-15-8-4-3-7-11-17(13,14)9-5-6-10(12)16-2/h11H,3-9H2,1-2H3. The molecule has 0 atom stereocenters. The summed E-state index contributed by atoms with van der Waals surface area (Å²) >= 11 is 0. The first-order chi connectivity index (χ1) is 8.02. The van der Waals surface area contributed by atoms with Gasteiger partial charge in [-0.1, -0.05) is 0 Å². The van der Waals surface area contributed by atoms with Crippen LogP contribution in [0.25, 0.3) is 0 Å². The van der Waals surface area contributed by atoms with Gasteiger partial charge < -0.3 is 9.47 Å². The van der Waals surface area contributed by atoms with E-state index in [-0.39, 0.29) is 24.6 Å². The Labute approximate surface area is 103 Å². The van der Waals surface area contributed by atoms with Gasteiger partial charge in [-0.2, -0.15) is 0 Å². The number of hydrogen-bond acceptors (Lipinski definition) is 5. The van der Waals surface area contributed by atoms with Crippen LogP contribution in [0.5, 0.6) is 0 Å². The van der Waals surface area contributed by atoms with Crippen LogP contribution in [0.1, 0.15) is 25.7 Å². The first-order valence-corrected chi connectivity index (χ1v) is 7.20. The van der Waals surface area contributed by atoms with E-state index in [1.165, 1.54) is 7.11 Å². The maximum atomic E-state index is 11.4. The second kappa shape index (κ2) is 9.38. The summed E-state index contributed by atoms with van der Waals surface area (Å²) in [7, 11) is -0.381. The van der Waals surface area contributed by atoms with Crippen molar-refractivity contribution >= 4 is 16.0 Å². The Balaban J connectivity index is 3.62. The van der Waals surface area contributed by atoms with Crippen molar-refractivity contribution in [2.75, 3.05) is 33.1 Å². The SMILES string of the molecule is COCCCCNS(=O)(=O)CCCC(=O)OC. The first-order valence-electron chi connectivity index (χ1n) is 5.55. The largest absolute Gasteiger partial charge is 0.469 e. The van der Waals surface area contributed by atoms with E-state index in [2.05, 4.69) is 9.46 Å². The number of carbonyl (C=O) groups is 1. The number of carbonyl (C=O) groups excluding carboxylic acids is 1. The second-order valence-electron chi connectivity index (χ2n) is 3.59. The molecule has 7 heteroatoms. The maximum absolute atomic E-state index is 11.4. The molecule has 17 heavy (non-hydrogen) atoms. The Kier molecular flexibility index (Phi) is 9.01. The molecule has 102 valence electrons. The van der Waals surface area contributed by atoms with Crippen molar-refractivity contribution in [1.29, 1.82) is 0 Å². The van der Waals surface area contributed by atoms with Crippen molar-refractivity contribution in [3.8, 4) is 0 Å². The van der Waals surface area contributed by atoms with Crippen molar-refractivity contribution in [1.82, 2.24) is 4.72 Å². The van der Waals surface area contributed by atoms with Crippen LogP contribution in [0.2, 0.25) is 0 Å². The average molecular weight is 267 g/mol. The molecule has 0 aliphatic rings. The van der Waals surface area contributed by atoms with Crippen LogP contribution in [0.3, 0.4) is 0 Å². The third kappa shape index (κ3) is 10.2. The highest BCUT2D eigenvalue weighted by Gasteiger charge is 2.10. The Morgan fingerprint density at radius 1 is 1.18 bits per heavy atom. The lowest BCUT2D eigenvalue weighted by molar-refractivity contribution is -0.140. The van der Waals surface area contributed by atoms with Crippen molar-refractivity contribution < 1.29 is 22.7 Å². The second-order valence-corrected chi connectivity index (χ2v) is 5.52. The van der Waals surface area contributed by atoms with Crippen LogP contribution in [-0.4, -0.2) is 47.5 Å². The van der Waals surface area contributed by atoms with E-state index in [1.54, 1.807) is 7.11 Å². The molecule has 0 heterocycles. The van der Waals surface area contributed by atoms with E-state index in [0.717, 1.165) is 12.8 Å². The summed E-state index contributed by atoms with van der Waals surface area (Å²) in [5.41, 5.74) is 0. The molecule has 6 nitrogen and oxygen atoms in total. The molecule has 0 aromatic heterocycles. The minimum atomic E-state index is -3.27. The van der Waals surface area contributed by atoms with Gasteiger partial charge in [0.1, 0.15) is 0 Å². The van der Waals surface area contributed by atoms with Gasteiger partial charge in [-0.3, -0.25) is 4.79 Å². The molecular weight excluding hydrogens is 246 g/mol. The van der Waals surface area contributed by atoms with E-state index in [9.17, 15) is 13.2 Å². The molecule has 0 aromatic rings. The molecule has 0 spiro atoms. The van der Waals surface area contributed by atoms with Gasteiger partial charge in [-0.15, -0.1) is 0 Å². The smallest absolute Gasteiger partial charge is 0.305 e. The molecule has 0 unspecified atom stereocenters. The van der Waals surface area contributed by atoms with Gasteiger partial charge in [0.25, 0.3) is 0 Å². The summed E-state index contributed by atoms with van der Waals surface area (Å²) in [5, 5.41) is 0. The lowest BCUT2D eigenvalue weighted by Gasteiger charge is -2.06. The molecule has 0 radical (unpaired) electrons. The number of hydrogen-bond donors (Lipinski definition) is 1. The number of esters is 1. The molecular formula is C10H21NO5S. The van der Waals surface area contributed by atoms with Crippen LogP contribution in [0.15, 0.2) is 0 Å². The zero-order valence-corrected chi connectivity index (χ0v) is 11.2. The Morgan fingerprint density at radius 2 is 1.88 bits per heavy atom. The Bertz CT molecular complexity index is 302. The number of nitrogens with one attached hydrogen (secondary N) is 1. The number of sulfonamides is 1. The van der Waals surface area contributed by atoms with Crippen molar-refractivity contribution in [2.24, 2.45) is 0 Å². The maximum Gasteiger partial charge on any atom is 0.305 e. The molecule has 0 rings (SSSR count). The van der Waals surface area contributed by atoms with Crippen LogP contribution in [0, 0.1) is 0 Å². The highest BCUT2D eigenvalue weighted by atomic mass is 32.2. The molecule has 0 bridgehead atoms. The number of ether oxygens (including phenoxy) is 2. The minimum Gasteiger partial charge on any atom is -0.469 e. The van der Waals surface area contributed by atoms with E-state index in [1.807, 2.05) is 0 Å². The zero-order chi connectivity index (χ0) is 13.1. The molecule has 1 N–H and O–H groups in total. The fourth-order valence-corrected chi connectivity index (χ4v) is 2.30. The third-order valence-electron chi connectivity index (χ3n) is 2.12. The van der Waals surface area contributed by atoms with Gasteiger partial charge in [0.05, 0.1) is 12.9 Å². The van der Waals surface area contributed by atoms with Gasteiger partial charge in [-0.25, -0.2) is 13.1 Å². The van der Waals surface area contributed by atoms with Gasteiger partial charge in [-0.05, 0) is 19.3 Å².